The van der Waals surface area contributed by atoms with Gasteiger partial charge < -0.3 is 11.1 Å². The fourth-order valence-corrected chi connectivity index (χ4v) is 2.23. The first-order valence-electron chi connectivity index (χ1n) is 6.02. The zero-order valence-electron chi connectivity index (χ0n) is 10.8. The van der Waals surface area contributed by atoms with E-state index in [-0.39, 0.29) is 5.91 Å². The second-order valence-corrected chi connectivity index (χ2v) is 5.49. The van der Waals surface area contributed by atoms with Crippen molar-refractivity contribution in [2.75, 3.05) is 11.1 Å². The van der Waals surface area contributed by atoms with Crippen LogP contribution in [0.4, 0.5) is 11.5 Å². The molecule has 0 aliphatic heterocycles. The Morgan fingerprint density at radius 1 is 1.40 bits per heavy atom. The monoisotopic (exact) mass is 353 g/mol. The van der Waals surface area contributed by atoms with Gasteiger partial charge in [-0.05, 0) is 52.7 Å². The third kappa shape index (κ3) is 3.49. The molecule has 0 aliphatic rings. The van der Waals surface area contributed by atoms with Crippen molar-refractivity contribution in [2.45, 2.75) is 13.3 Å². The van der Waals surface area contributed by atoms with Crippen molar-refractivity contribution in [3.05, 3.63) is 51.1 Å². The Morgan fingerprint density at radius 2 is 2.15 bits per heavy atom. The zero-order valence-corrected chi connectivity index (χ0v) is 13.1. The molecule has 2 rings (SSSR count). The van der Waals surface area contributed by atoms with Crippen LogP contribution in [-0.4, -0.2) is 10.9 Å². The lowest BCUT2D eigenvalue weighted by molar-refractivity contribution is 0.102. The molecule has 1 amide bonds. The quantitative estimate of drug-likeness (QED) is 0.878. The number of aromatic nitrogens is 1. The lowest BCUT2D eigenvalue weighted by Crippen LogP contribution is -2.13. The highest BCUT2D eigenvalue weighted by molar-refractivity contribution is 9.10. The van der Waals surface area contributed by atoms with Crippen molar-refractivity contribution in [1.82, 2.24) is 4.98 Å². The molecule has 0 saturated heterocycles. The van der Waals surface area contributed by atoms with E-state index in [0.717, 1.165) is 10.2 Å². The van der Waals surface area contributed by atoms with Crippen LogP contribution in [0.3, 0.4) is 0 Å². The number of rotatable bonds is 3. The Kier molecular flexibility index (Phi) is 4.62. The third-order valence-electron chi connectivity index (χ3n) is 2.70. The molecule has 104 valence electrons. The molecule has 4 nitrogen and oxygen atoms in total. The largest absolute Gasteiger partial charge is 0.384 e. The molecule has 0 radical (unpaired) electrons. The van der Waals surface area contributed by atoms with Crippen LogP contribution in [0.25, 0.3) is 0 Å². The zero-order chi connectivity index (χ0) is 14.7. The van der Waals surface area contributed by atoms with Gasteiger partial charge >= 0.3 is 0 Å². The Morgan fingerprint density at radius 3 is 2.85 bits per heavy atom. The van der Waals surface area contributed by atoms with Gasteiger partial charge in [-0.15, -0.1) is 0 Å². The Bertz CT molecular complexity index is 661. The molecule has 1 aromatic heterocycles. The highest BCUT2D eigenvalue weighted by atomic mass is 79.9. The van der Waals surface area contributed by atoms with Gasteiger partial charge in [0, 0.05) is 20.8 Å². The van der Waals surface area contributed by atoms with Crippen molar-refractivity contribution in [2.24, 2.45) is 0 Å². The number of nitrogens with zero attached hydrogens (tertiary/aromatic N) is 1. The lowest BCUT2D eigenvalue weighted by atomic mass is 10.1. The van der Waals surface area contributed by atoms with Gasteiger partial charge in [0.2, 0.25) is 0 Å². The van der Waals surface area contributed by atoms with E-state index in [1.54, 1.807) is 30.3 Å². The minimum Gasteiger partial charge on any atom is -0.384 e. The third-order valence-corrected chi connectivity index (χ3v) is 3.63. The first kappa shape index (κ1) is 14.8. The number of carbonyl (C=O) groups is 1. The number of anilines is 2. The molecule has 0 atom stereocenters. The van der Waals surface area contributed by atoms with Crippen LogP contribution in [0, 0.1) is 0 Å². The van der Waals surface area contributed by atoms with Crippen LogP contribution in [0.15, 0.2) is 34.8 Å². The maximum Gasteiger partial charge on any atom is 0.255 e. The van der Waals surface area contributed by atoms with E-state index in [0.29, 0.717) is 28.5 Å². The Hall–Kier alpha value is -1.59. The van der Waals surface area contributed by atoms with E-state index in [2.05, 4.69) is 26.2 Å². The van der Waals surface area contributed by atoms with E-state index in [4.69, 9.17) is 17.3 Å². The van der Waals surface area contributed by atoms with Crippen molar-refractivity contribution in [3.8, 4) is 0 Å². The van der Waals surface area contributed by atoms with Gasteiger partial charge in [0.1, 0.15) is 5.82 Å². The predicted octanol–water partition coefficient (Wildman–Crippen LogP) is 3.89. The van der Waals surface area contributed by atoms with Crippen LogP contribution in [0.2, 0.25) is 5.02 Å². The number of nitrogens with one attached hydrogen (secondary N) is 1. The first-order chi connectivity index (χ1) is 9.49. The molecular formula is C14H13BrClN3O. The molecule has 20 heavy (non-hydrogen) atoms. The fourth-order valence-electron chi connectivity index (χ4n) is 1.71. The summed E-state index contributed by atoms with van der Waals surface area (Å²) in [5.41, 5.74) is 7.56. The molecule has 2 aromatic rings. The maximum atomic E-state index is 12.2. The summed E-state index contributed by atoms with van der Waals surface area (Å²) in [6.45, 7) is 1.96. The number of nitrogen functional groups attached to an aromatic ring is 1. The number of carbonyl (C=O) groups excluding carboxylic acids is 1. The Balaban J connectivity index is 2.28. The van der Waals surface area contributed by atoms with E-state index in [9.17, 15) is 4.79 Å². The first-order valence-corrected chi connectivity index (χ1v) is 7.19. The molecule has 0 aliphatic carbocycles. The van der Waals surface area contributed by atoms with Gasteiger partial charge in [-0.3, -0.25) is 4.79 Å². The summed E-state index contributed by atoms with van der Waals surface area (Å²) in [4.78, 5) is 16.4. The summed E-state index contributed by atoms with van der Waals surface area (Å²) in [5.74, 6) is 0.0800. The molecule has 3 N–H and O–H groups in total. The second kappa shape index (κ2) is 6.24. The van der Waals surface area contributed by atoms with Gasteiger partial charge in [0.15, 0.2) is 0 Å². The highest BCUT2D eigenvalue weighted by Crippen LogP contribution is 2.26. The molecule has 0 unspecified atom stereocenters. The van der Waals surface area contributed by atoms with Crippen LogP contribution >= 0.6 is 27.5 Å². The molecule has 1 aromatic carbocycles. The smallest absolute Gasteiger partial charge is 0.255 e. The minimum atomic E-state index is -0.253. The number of amides is 1. The maximum absolute atomic E-state index is 12.2. The molecule has 0 spiro atoms. The van der Waals surface area contributed by atoms with E-state index in [1.807, 2.05) is 6.92 Å². The van der Waals surface area contributed by atoms with Crippen molar-refractivity contribution < 1.29 is 4.79 Å². The average Bonchev–Trinajstić information content (AvgIpc) is 2.42. The summed E-state index contributed by atoms with van der Waals surface area (Å²) in [6, 6.07) is 8.46. The number of pyridine rings is 1. The van der Waals surface area contributed by atoms with Crippen LogP contribution in [-0.2, 0) is 6.42 Å². The van der Waals surface area contributed by atoms with Crippen molar-refractivity contribution in [1.29, 1.82) is 0 Å². The Labute approximate surface area is 130 Å². The van der Waals surface area contributed by atoms with Crippen LogP contribution < -0.4 is 11.1 Å². The summed E-state index contributed by atoms with van der Waals surface area (Å²) < 4.78 is 0.757. The fraction of sp³-hybridized carbons (Fsp3) is 0.143. The second-order valence-electron chi connectivity index (χ2n) is 4.20. The van der Waals surface area contributed by atoms with Gasteiger partial charge in [-0.2, -0.15) is 0 Å². The number of hydrogen-bond acceptors (Lipinski definition) is 3. The van der Waals surface area contributed by atoms with E-state index < -0.39 is 0 Å². The number of halogens is 2. The molecule has 0 bridgehead atoms. The topological polar surface area (TPSA) is 68.0 Å². The predicted molar refractivity (Wildman–Crippen MR) is 85.1 cm³/mol. The standard InChI is InChI=1S/C14H13BrClN3O/c1-2-10-5-8(6-13(17)18-10)14(20)19-12-7-9(16)3-4-11(12)15/h3-7H,2H2,1H3,(H2,17,18)(H,19,20). The summed E-state index contributed by atoms with van der Waals surface area (Å²) >= 11 is 9.28. The van der Waals surface area contributed by atoms with Crippen molar-refractivity contribution in [3.63, 3.8) is 0 Å². The molecule has 0 fully saturated rings. The van der Waals surface area contributed by atoms with Crippen molar-refractivity contribution >= 4 is 44.9 Å². The number of hydrogen-bond donors (Lipinski definition) is 2. The van der Waals surface area contributed by atoms with Gasteiger partial charge in [-0.1, -0.05) is 18.5 Å². The summed E-state index contributed by atoms with van der Waals surface area (Å²) in [7, 11) is 0. The molecule has 0 saturated carbocycles. The summed E-state index contributed by atoms with van der Waals surface area (Å²) in [6.07, 6.45) is 0.714. The molecular weight excluding hydrogens is 342 g/mol. The number of aryl methyl sites for hydroxylation is 1. The van der Waals surface area contributed by atoms with E-state index in [1.165, 1.54) is 0 Å². The number of nitrogens with two attached hydrogens (primary N) is 1. The lowest BCUT2D eigenvalue weighted by Gasteiger charge is -2.09. The van der Waals surface area contributed by atoms with Crippen LogP contribution in [0.5, 0.6) is 0 Å². The van der Waals surface area contributed by atoms with Gasteiger partial charge in [0.05, 0.1) is 5.69 Å². The normalized spacial score (nSPS) is 10.3. The highest BCUT2D eigenvalue weighted by Gasteiger charge is 2.11. The molecule has 1 heterocycles. The SMILES string of the molecule is CCc1cc(C(=O)Nc2cc(Cl)ccc2Br)cc(N)n1. The van der Waals surface area contributed by atoms with E-state index >= 15 is 0 Å². The van der Waals surface area contributed by atoms with Gasteiger partial charge in [-0.25, -0.2) is 4.98 Å². The minimum absolute atomic E-state index is 0.253. The molecule has 6 heteroatoms. The summed E-state index contributed by atoms with van der Waals surface area (Å²) in [5, 5.41) is 3.34. The number of benzene rings is 1. The van der Waals surface area contributed by atoms with Crippen LogP contribution in [0.1, 0.15) is 23.0 Å². The average molecular weight is 355 g/mol. The van der Waals surface area contributed by atoms with Gasteiger partial charge in [0.25, 0.3) is 5.91 Å².